The maximum atomic E-state index is 13.2. The predicted octanol–water partition coefficient (Wildman–Crippen LogP) is 4.67. The van der Waals surface area contributed by atoms with Gasteiger partial charge in [-0.2, -0.15) is 0 Å². The van der Waals surface area contributed by atoms with Gasteiger partial charge in [0.05, 0.1) is 0 Å². The van der Waals surface area contributed by atoms with Gasteiger partial charge >= 0.3 is 0 Å². The lowest BCUT2D eigenvalue weighted by atomic mass is 9.49. The van der Waals surface area contributed by atoms with Crippen LogP contribution in [0.3, 0.4) is 0 Å². The molecule has 0 aromatic carbocycles. The van der Waals surface area contributed by atoms with Crippen LogP contribution in [-0.4, -0.2) is 47.7 Å². The highest BCUT2D eigenvalue weighted by Gasteiger charge is 2.59. The van der Waals surface area contributed by atoms with E-state index in [1.807, 2.05) is 30.9 Å². The maximum Gasteiger partial charge on any atom is 0.233 e. The van der Waals surface area contributed by atoms with E-state index in [9.17, 15) is 9.59 Å². The lowest BCUT2D eigenvalue weighted by molar-refractivity contribution is -0.144. The molecule has 4 nitrogen and oxygen atoms in total. The van der Waals surface area contributed by atoms with Crippen molar-refractivity contribution in [2.45, 2.75) is 66.2 Å². The van der Waals surface area contributed by atoms with Crippen molar-refractivity contribution in [3.05, 3.63) is 24.4 Å². The number of allylic oxidation sites excluding steroid dienone is 2. The Morgan fingerprint density at radius 1 is 1.23 bits per heavy atom. The molecule has 1 unspecified atom stereocenters. The second kappa shape index (κ2) is 7.84. The molecule has 0 aromatic rings. The second-order valence-electron chi connectivity index (χ2n) is 10.8. The maximum absolute atomic E-state index is 13.2. The van der Waals surface area contributed by atoms with Gasteiger partial charge < -0.3 is 9.80 Å². The highest BCUT2D eigenvalue weighted by Crippen LogP contribution is 2.64. The molecule has 166 valence electrons. The normalized spacial score (nSPS) is 40.2. The summed E-state index contributed by atoms with van der Waals surface area (Å²) >= 11 is 0. The van der Waals surface area contributed by atoms with Gasteiger partial charge in [-0.1, -0.05) is 26.3 Å². The largest absolute Gasteiger partial charge is 0.370 e. The summed E-state index contributed by atoms with van der Waals surface area (Å²) in [5, 5.41) is 0. The zero-order valence-corrected chi connectivity index (χ0v) is 19.5. The second-order valence-corrected chi connectivity index (χ2v) is 10.8. The van der Waals surface area contributed by atoms with E-state index < -0.39 is 5.92 Å². The van der Waals surface area contributed by atoms with Crippen LogP contribution in [0.2, 0.25) is 0 Å². The molecule has 1 aliphatic heterocycles. The Kier molecular flexibility index (Phi) is 5.65. The zero-order chi connectivity index (χ0) is 21.7. The van der Waals surface area contributed by atoms with Gasteiger partial charge in [0.25, 0.3) is 0 Å². The molecule has 1 amide bonds. The topological polar surface area (TPSA) is 40.6 Å². The summed E-state index contributed by atoms with van der Waals surface area (Å²) in [6, 6.07) is 0. The lowest BCUT2D eigenvalue weighted by Crippen LogP contribution is -2.59. The van der Waals surface area contributed by atoms with E-state index in [2.05, 4.69) is 25.3 Å². The van der Waals surface area contributed by atoms with E-state index in [-0.39, 0.29) is 17.1 Å². The van der Waals surface area contributed by atoms with Crippen LogP contribution in [0.4, 0.5) is 0 Å². The molecule has 2 saturated carbocycles. The van der Waals surface area contributed by atoms with Crippen molar-refractivity contribution >= 4 is 11.7 Å². The number of hydrogen-bond acceptors (Lipinski definition) is 3. The van der Waals surface area contributed by atoms with Gasteiger partial charge in [0, 0.05) is 43.4 Å². The summed E-state index contributed by atoms with van der Waals surface area (Å²) in [5.41, 5.74) is 1.57. The Morgan fingerprint density at radius 2 is 1.97 bits per heavy atom. The van der Waals surface area contributed by atoms with Gasteiger partial charge in [0.1, 0.15) is 5.92 Å². The fourth-order valence-corrected chi connectivity index (χ4v) is 7.80. The van der Waals surface area contributed by atoms with E-state index in [0.717, 1.165) is 19.0 Å². The molecule has 30 heavy (non-hydrogen) atoms. The fourth-order valence-electron chi connectivity index (χ4n) is 7.80. The van der Waals surface area contributed by atoms with Crippen molar-refractivity contribution in [2.75, 3.05) is 26.2 Å². The third kappa shape index (κ3) is 3.17. The monoisotopic (exact) mass is 412 g/mol. The molecule has 0 N–H and O–H groups in total. The highest BCUT2D eigenvalue weighted by molar-refractivity contribution is 6.08. The molecule has 1 heterocycles. The first-order chi connectivity index (χ1) is 14.3. The summed E-state index contributed by atoms with van der Waals surface area (Å²) in [6.45, 7) is 16.0. The molecule has 6 atom stereocenters. The van der Waals surface area contributed by atoms with Crippen LogP contribution in [0, 0.1) is 34.5 Å². The number of carbonyl (C=O) groups excluding carboxylic acids is 2. The summed E-state index contributed by atoms with van der Waals surface area (Å²) in [7, 11) is 0. The van der Waals surface area contributed by atoms with Crippen molar-refractivity contribution in [3.63, 3.8) is 0 Å². The molecule has 0 spiro atoms. The average molecular weight is 413 g/mol. The highest BCUT2D eigenvalue weighted by atomic mass is 16.2. The average Bonchev–Trinajstić information content (AvgIpc) is 3.12. The van der Waals surface area contributed by atoms with Gasteiger partial charge in [-0.05, 0) is 69.1 Å². The van der Waals surface area contributed by atoms with Crippen LogP contribution in [0.5, 0.6) is 0 Å². The van der Waals surface area contributed by atoms with Gasteiger partial charge in [0.2, 0.25) is 5.91 Å². The van der Waals surface area contributed by atoms with Crippen LogP contribution in [0.1, 0.15) is 66.2 Å². The first-order valence-corrected chi connectivity index (χ1v) is 12.2. The SMILES string of the molecule is C=CCN1C[C@@H]2[C@@H](CC[C@]3(C)CCC[C@@H]23)[C@@]2(C)CC(C(=O)N(CC)CC)C(=O)C=C12. The fraction of sp³-hybridized carbons (Fsp3) is 0.769. The van der Waals surface area contributed by atoms with E-state index in [1.165, 1.54) is 37.8 Å². The summed E-state index contributed by atoms with van der Waals surface area (Å²) in [5.74, 6) is 1.53. The number of rotatable bonds is 5. The number of likely N-dealkylation sites (tertiary alicyclic amines) is 1. The quantitative estimate of drug-likeness (QED) is 0.487. The lowest BCUT2D eigenvalue weighted by Gasteiger charge is -2.60. The van der Waals surface area contributed by atoms with Gasteiger partial charge in [0.15, 0.2) is 5.78 Å². The Bertz CT molecular complexity index is 754. The van der Waals surface area contributed by atoms with Gasteiger partial charge in [-0.25, -0.2) is 0 Å². The van der Waals surface area contributed by atoms with Crippen LogP contribution in [0.25, 0.3) is 0 Å². The van der Waals surface area contributed by atoms with Crippen LogP contribution in [0.15, 0.2) is 24.4 Å². The van der Waals surface area contributed by atoms with Crippen molar-refractivity contribution in [3.8, 4) is 0 Å². The zero-order valence-electron chi connectivity index (χ0n) is 19.5. The number of piperidine rings is 1. The Morgan fingerprint density at radius 3 is 2.63 bits per heavy atom. The minimum Gasteiger partial charge on any atom is -0.370 e. The number of carbonyl (C=O) groups is 2. The Balaban J connectivity index is 1.72. The third-order valence-corrected chi connectivity index (χ3v) is 9.37. The minimum absolute atomic E-state index is 0.00778. The Labute approximate surface area is 182 Å². The predicted molar refractivity (Wildman–Crippen MR) is 121 cm³/mol. The van der Waals surface area contributed by atoms with Crippen LogP contribution in [-0.2, 0) is 9.59 Å². The molecule has 4 rings (SSSR count). The van der Waals surface area contributed by atoms with E-state index >= 15 is 0 Å². The molecule has 0 bridgehead atoms. The van der Waals surface area contributed by atoms with Crippen molar-refractivity contribution in [1.82, 2.24) is 9.80 Å². The summed E-state index contributed by atoms with van der Waals surface area (Å²) in [4.78, 5) is 30.6. The molecule has 1 saturated heterocycles. The first-order valence-electron chi connectivity index (χ1n) is 12.2. The van der Waals surface area contributed by atoms with Gasteiger partial charge in [-0.3, -0.25) is 9.59 Å². The summed E-state index contributed by atoms with van der Waals surface area (Å²) in [6.07, 6.45) is 11.1. The number of hydrogen-bond donors (Lipinski definition) is 0. The standard InChI is InChI=1S/C26H40N2O2/c1-6-14-28-17-19-20-10-9-12-25(20,4)13-11-21(19)26(5)16-18(22(29)15-23(26)28)24(30)27(7-2)8-3/h6,15,18-21H,1,7-14,16-17H2,2-5H3/t18?,19-,20-,21+,25-,26+/m0/s1. The molecule has 3 aliphatic carbocycles. The van der Waals surface area contributed by atoms with E-state index in [1.54, 1.807) is 0 Å². The number of ketones is 1. The van der Waals surface area contributed by atoms with Crippen LogP contribution < -0.4 is 0 Å². The van der Waals surface area contributed by atoms with Crippen molar-refractivity contribution in [2.24, 2.45) is 34.5 Å². The molecule has 3 fully saturated rings. The first kappa shape index (κ1) is 21.6. The third-order valence-electron chi connectivity index (χ3n) is 9.37. The number of amides is 1. The Hall–Kier alpha value is -1.58. The smallest absolute Gasteiger partial charge is 0.233 e. The molecular weight excluding hydrogens is 372 g/mol. The van der Waals surface area contributed by atoms with Crippen molar-refractivity contribution < 1.29 is 9.59 Å². The van der Waals surface area contributed by atoms with E-state index in [4.69, 9.17) is 0 Å². The number of fused-ring (bicyclic) bond motifs is 5. The molecule has 4 aliphatic rings. The molecule has 4 heteroatoms. The molecule has 0 radical (unpaired) electrons. The van der Waals surface area contributed by atoms with Gasteiger partial charge in [-0.15, -0.1) is 6.58 Å². The van der Waals surface area contributed by atoms with Crippen molar-refractivity contribution in [1.29, 1.82) is 0 Å². The van der Waals surface area contributed by atoms with E-state index in [0.29, 0.717) is 36.8 Å². The summed E-state index contributed by atoms with van der Waals surface area (Å²) < 4.78 is 0. The molecular formula is C26H40N2O2. The van der Waals surface area contributed by atoms with Crippen LogP contribution >= 0.6 is 0 Å². The number of nitrogens with zero attached hydrogens (tertiary/aromatic N) is 2. The molecule has 0 aromatic heterocycles. The minimum atomic E-state index is -0.514.